The van der Waals surface area contributed by atoms with E-state index in [-0.39, 0.29) is 10.6 Å². The van der Waals surface area contributed by atoms with Crippen molar-refractivity contribution in [1.82, 2.24) is 0 Å². The monoisotopic (exact) mass is 405 g/mol. The predicted molar refractivity (Wildman–Crippen MR) is 92.8 cm³/mol. The average molecular weight is 406 g/mol. The fraction of sp³-hybridized carbons (Fsp3) is 0.235. The lowest BCUT2D eigenvalue weighted by Gasteiger charge is -2.24. The third-order valence-electron chi connectivity index (χ3n) is 3.79. The molecule has 0 radical (unpaired) electrons. The maximum atomic E-state index is 12.8. The van der Waals surface area contributed by atoms with Crippen molar-refractivity contribution in [2.24, 2.45) is 0 Å². The summed E-state index contributed by atoms with van der Waals surface area (Å²) in [6.07, 6.45) is -4.58. The molecule has 0 atom stereocenters. The standard InChI is InChI=1S/C17H15ClF3NO3S/c1-16(2,26(24,25)14-8-6-12(18)7-9-14)15(23)22-13-5-3-4-11(10-13)17(19,20)21/h3-10H,1-2H3,(H,22,23). The van der Waals surface area contributed by atoms with Crippen molar-refractivity contribution in [2.45, 2.75) is 29.7 Å². The Morgan fingerprint density at radius 3 is 2.15 bits per heavy atom. The second kappa shape index (κ2) is 6.92. The van der Waals surface area contributed by atoms with Crippen molar-refractivity contribution in [1.29, 1.82) is 0 Å². The van der Waals surface area contributed by atoms with Crippen LogP contribution in [0.4, 0.5) is 18.9 Å². The molecule has 4 nitrogen and oxygen atoms in total. The Hall–Kier alpha value is -2.06. The smallest absolute Gasteiger partial charge is 0.325 e. The predicted octanol–water partition coefficient (Wildman–Crippen LogP) is 4.55. The Morgan fingerprint density at radius 1 is 1.04 bits per heavy atom. The minimum atomic E-state index is -4.58. The first-order chi connectivity index (χ1) is 11.9. The second-order valence-corrected chi connectivity index (χ2v) is 8.94. The van der Waals surface area contributed by atoms with Gasteiger partial charge in [-0.3, -0.25) is 4.79 Å². The molecule has 0 unspecified atom stereocenters. The first-order valence-corrected chi connectivity index (χ1v) is 9.21. The van der Waals surface area contributed by atoms with E-state index >= 15 is 0 Å². The summed E-state index contributed by atoms with van der Waals surface area (Å²) >= 11 is 5.73. The fourth-order valence-electron chi connectivity index (χ4n) is 2.09. The van der Waals surface area contributed by atoms with Gasteiger partial charge in [0.2, 0.25) is 5.91 Å². The Bertz CT molecular complexity index is 923. The highest BCUT2D eigenvalue weighted by molar-refractivity contribution is 7.93. The normalized spacial score (nSPS) is 12.7. The number of alkyl halides is 3. The number of rotatable bonds is 4. The van der Waals surface area contributed by atoms with E-state index < -0.39 is 32.2 Å². The van der Waals surface area contributed by atoms with E-state index in [1.165, 1.54) is 44.2 Å². The van der Waals surface area contributed by atoms with Gasteiger partial charge in [0.1, 0.15) is 4.75 Å². The van der Waals surface area contributed by atoms with Gasteiger partial charge >= 0.3 is 6.18 Å². The zero-order valence-electron chi connectivity index (χ0n) is 13.8. The van der Waals surface area contributed by atoms with Crippen molar-refractivity contribution in [3.63, 3.8) is 0 Å². The molecule has 0 heterocycles. The Kier molecular flexibility index (Phi) is 5.39. The summed E-state index contributed by atoms with van der Waals surface area (Å²) < 4.78 is 61.8. The summed E-state index contributed by atoms with van der Waals surface area (Å²) in [6, 6.07) is 9.23. The number of benzene rings is 2. The number of hydrogen-bond acceptors (Lipinski definition) is 3. The highest BCUT2D eigenvalue weighted by Gasteiger charge is 2.43. The van der Waals surface area contributed by atoms with Gasteiger partial charge in [0, 0.05) is 10.7 Å². The molecule has 0 aliphatic heterocycles. The SMILES string of the molecule is CC(C)(C(=O)Nc1cccc(C(F)(F)F)c1)S(=O)(=O)c1ccc(Cl)cc1. The van der Waals surface area contributed by atoms with E-state index in [0.717, 1.165) is 18.2 Å². The topological polar surface area (TPSA) is 63.2 Å². The van der Waals surface area contributed by atoms with Crippen LogP contribution in [0.5, 0.6) is 0 Å². The molecule has 2 aromatic carbocycles. The van der Waals surface area contributed by atoms with Gasteiger partial charge in [-0.05, 0) is 56.3 Å². The summed E-state index contributed by atoms with van der Waals surface area (Å²) in [4.78, 5) is 12.4. The molecule has 2 aromatic rings. The molecule has 0 bridgehead atoms. The van der Waals surface area contributed by atoms with Gasteiger partial charge in [-0.2, -0.15) is 13.2 Å². The number of anilines is 1. The number of hydrogen-bond donors (Lipinski definition) is 1. The Labute approximate surface area is 153 Å². The molecule has 26 heavy (non-hydrogen) atoms. The number of carbonyl (C=O) groups excluding carboxylic acids is 1. The lowest BCUT2D eigenvalue weighted by Crippen LogP contribution is -2.44. The quantitative estimate of drug-likeness (QED) is 0.811. The van der Waals surface area contributed by atoms with Crippen LogP contribution in [-0.2, 0) is 20.8 Å². The average Bonchev–Trinajstić information content (AvgIpc) is 2.54. The van der Waals surface area contributed by atoms with E-state index in [2.05, 4.69) is 5.32 Å². The van der Waals surface area contributed by atoms with Crippen molar-refractivity contribution >= 4 is 33.0 Å². The van der Waals surface area contributed by atoms with Crippen molar-refractivity contribution in [3.8, 4) is 0 Å². The lowest BCUT2D eigenvalue weighted by atomic mass is 10.1. The maximum Gasteiger partial charge on any atom is 0.416 e. The van der Waals surface area contributed by atoms with Crippen LogP contribution in [0.25, 0.3) is 0 Å². The summed E-state index contributed by atoms with van der Waals surface area (Å²) in [6.45, 7) is 2.36. The van der Waals surface area contributed by atoms with Crippen LogP contribution in [0.15, 0.2) is 53.4 Å². The molecular weight excluding hydrogens is 391 g/mol. The lowest BCUT2D eigenvalue weighted by molar-refractivity contribution is -0.137. The van der Waals surface area contributed by atoms with Gasteiger partial charge < -0.3 is 5.32 Å². The fourth-order valence-corrected chi connectivity index (χ4v) is 3.59. The highest BCUT2D eigenvalue weighted by atomic mass is 35.5. The van der Waals surface area contributed by atoms with Crippen LogP contribution in [-0.4, -0.2) is 19.1 Å². The Morgan fingerprint density at radius 2 is 1.62 bits per heavy atom. The zero-order valence-corrected chi connectivity index (χ0v) is 15.3. The highest BCUT2D eigenvalue weighted by Crippen LogP contribution is 2.32. The molecule has 0 aliphatic rings. The molecule has 2 rings (SSSR count). The van der Waals surface area contributed by atoms with E-state index in [4.69, 9.17) is 11.6 Å². The van der Waals surface area contributed by atoms with Crippen LogP contribution in [0, 0.1) is 0 Å². The Balaban J connectivity index is 2.32. The van der Waals surface area contributed by atoms with Gasteiger partial charge in [0.05, 0.1) is 10.5 Å². The summed E-state index contributed by atoms with van der Waals surface area (Å²) in [5.41, 5.74) is -1.10. The van der Waals surface area contributed by atoms with E-state index in [9.17, 15) is 26.4 Å². The van der Waals surface area contributed by atoms with Gasteiger partial charge in [-0.25, -0.2) is 8.42 Å². The van der Waals surface area contributed by atoms with Gasteiger partial charge in [-0.15, -0.1) is 0 Å². The van der Waals surface area contributed by atoms with E-state index in [1.807, 2.05) is 0 Å². The number of nitrogens with one attached hydrogen (secondary N) is 1. The van der Waals surface area contributed by atoms with E-state index in [0.29, 0.717) is 5.02 Å². The summed E-state index contributed by atoms with van der Waals surface area (Å²) in [7, 11) is -4.11. The van der Waals surface area contributed by atoms with Crippen LogP contribution >= 0.6 is 11.6 Å². The molecule has 1 amide bonds. The summed E-state index contributed by atoms with van der Waals surface area (Å²) in [5.74, 6) is -0.952. The van der Waals surface area contributed by atoms with Crippen LogP contribution in [0.1, 0.15) is 19.4 Å². The van der Waals surface area contributed by atoms with Crippen LogP contribution < -0.4 is 5.32 Å². The van der Waals surface area contributed by atoms with Gasteiger partial charge in [-0.1, -0.05) is 17.7 Å². The van der Waals surface area contributed by atoms with Crippen LogP contribution in [0.3, 0.4) is 0 Å². The molecule has 0 fully saturated rings. The molecular formula is C17H15ClF3NO3S. The molecule has 1 N–H and O–H groups in total. The molecule has 0 aromatic heterocycles. The molecule has 0 spiro atoms. The van der Waals surface area contributed by atoms with Gasteiger partial charge in [0.25, 0.3) is 0 Å². The number of halogens is 4. The molecule has 0 saturated heterocycles. The molecule has 140 valence electrons. The van der Waals surface area contributed by atoms with Crippen molar-refractivity contribution < 1.29 is 26.4 Å². The largest absolute Gasteiger partial charge is 0.416 e. The number of sulfone groups is 1. The molecule has 0 aliphatic carbocycles. The number of amides is 1. The third kappa shape index (κ3) is 4.02. The summed E-state index contributed by atoms with van der Waals surface area (Å²) in [5, 5.41) is 2.57. The molecule has 0 saturated carbocycles. The minimum absolute atomic E-state index is 0.119. The van der Waals surface area contributed by atoms with Crippen molar-refractivity contribution in [2.75, 3.05) is 5.32 Å². The van der Waals surface area contributed by atoms with Gasteiger partial charge in [0.15, 0.2) is 9.84 Å². The number of carbonyl (C=O) groups is 1. The molecule has 9 heteroatoms. The van der Waals surface area contributed by atoms with Crippen molar-refractivity contribution in [3.05, 3.63) is 59.1 Å². The maximum absolute atomic E-state index is 12.8. The van der Waals surface area contributed by atoms with Crippen LogP contribution in [0.2, 0.25) is 5.02 Å². The second-order valence-electron chi connectivity index (χ2n) is 6.00. The van der Waals surface area contributed by atoms with E-state index in [1.54, 1.807) is 0 Å². The minimum Gasteiger partial charge on any atom is -0.325 e. The third-order valence-corrected chi connectivity index (χ3v) is 6.46. The zero-order chi connectivity index (χ0) is 19.8. The first-order valence-electron chi connectivity index (χ1n) is 7.34. The first kappa shape index (κ1) is 20.3.